The number of alkyl halides is 3. The van der Waals surface area contributed by atoms with Gasteiger partial charge in [0, 0.05) is 6.04 Å². The molecule has 0 heterocycles. The van der Waals surface area contributed by atoms with Gasteiger partial charge in [-0.2, -0.15) is 13.2 Å². The third-order valence-electron chi connectivity index (χ3n) is 3.79. The molecule has 3 atom stereocenters. The van der Waals surface area contributed by atoms with Crippen molar-refractivity contribution in [1.82, 2.24) is 0 Å². The van der Waals surface area contributed by atoms with E-state index < -0.39 is 30.0 Å². The van der Waals surface area contributed by atoms with Gasteiger partial charge in [-0.15, -0.1) is 0 Å². The largest absolute Gasteiger partial charge is 0.445 e. The number of hydrogen-bond donors (Lipinski definition) is 2. The number of primary amides is 1. The van der Waals surface area contributed by atoms with Crippen LogP contribution in [-0.2, 0) is 10.9 Å². The molecule has 0 aliphatic heterocycles. The summed E-state index contributed by atoms with van der Waals surface area (Å²) in [4.78, 5) is 10.7. The highest BCUT2D eigenvalue weighted by Crippen LogP contribution is 2.36. The van der Waals surface area contributed by atoms with E-state index in [-0.39, 0.29) is 5.92 Å². The molecule has 0 bridgehead atoms. The van der Waals surface area contributed by atoms with E-state index in [1.54, 1.807) is 6.07 Å². The van der Waals surface area contributed by atoms with Crippen LogP contribution >= 0.6 is 0 Å². The van der Waals surface area contributed by atoms with E-state index in [1.807, 2.05) is 0 Å². The monoisotopic (exact) mass is 302 g/mol. The molecule has 21 heavy (non-hydrogen) atoms. The number of rotatable bonds is 2. The maximum absolute atomic E-state index is 12.7. The Labute approximate surface area is 120 Å². The van der Waals surface area contributed by atoms with Crippen LogP contribution in [0.2, 0.25) is 0 Å². The lowest BCUT2D eigenvalue weighted by atomic mass is 9.80. The van der Waals surface area contributed by atoms with Gasteiger partial charge in [0.25, 0.3) is 0 Å². The highest BCUT2D eigenvalue weighted by atomic mass is 19.4. The molecule has 1 aromatic carbocycles. The maximum Gasteiger partial charge on any atom is 0.416 e. The maximum atomic E-state index is 12.7. The van der Waals surface area contributed by atoms with Crippen molar-refractivity contribution in [1.29, 1.82) is 0 Å². The molecule has 1 fully saturated rings. The standard InChI is InChI=1S/C14H17F3N2O2/c15-14(16,17)10-3-1-2-8(6-10)9-4-5-12(11(18)7-9)21-13(19)20/h1-3,6,9,11-12H,4-5,7,18H2,(H2,19,20)/t9-,11-,12-/m0/s1. The topological polar surface area (TPSA) is 78.3 Å². The molecule has 1 saturated carbocycles. The number of ether oxygens (including phenoxy) is 1. The summed E-state index contributed by atoms with van der Waals surface area (Å²) in [6, 6.07) is 4.85. The lowest BCUT2D eigenvalue weighted by molar-refractivity contribution is -0.137. The van der Waals surface area contributed by atoms with Crippen molar-refractivity contribution in [2.75, 3.05) is 0 Å². The van der Waals surface area contributed by atoms with Crippen LogP contribution in [0.5, 0.6) is 0 Å². The molecule has 7 heteroatoms. The van der Waals surface area contributed by atoms with Crippen LogP contribution in [0.25, 0.3) is 0 Å². The van der Waals surface area contributed by atoms with E-state index >= 15 is 0 Å². The summed E-state index contributed by atoms with van der Waals surface area (Å²) < 4.78 is 43.1. The zero-order valence-electron chi connectivity index (χ0n) is 11.3. The second-order valence-corrected chi connectivity index (χ2v) is 5.27. The Kier molecular flexibility index (Phi) is 4.41. The van der Waals surface area contributed by atoms with Gasteiger partial charge >= 0.3 is 12.3 Å². The molecule has 0 radical (unpaired) electrons. The van der Waals surface area contributed by atoms with E-state index in [1.165, 1.54) is 6.07 Å². The summed E-state index contributed by atoms with van der Waals surface area (Å²) in [5.74, 6) is -0.0740. The van der Waals surface area contributed by atoms with Crippen LogP contribution in [0.1, 0.15) is 36.3 Å². The fourth-order valence-corrected chi connectivity index (χ4v) is 2.74. The number of halogens is 3. The van der Waals surface area contributed by atoms with Gasteiger partial charge in [0.05, 0.1) is 5.56 Å². The lowest BCUT2D eigenvalue weighted by Crippen LogP contribution is -2.43. The van der Waals surface area contributed by atoms with Gasteiger partial charge in [-0.25, -0.2) is 4.79 Å². The van der Waals surface area contributed by atoms with E-state index in [0.717, 1.165) is 12.1 Å². The van der Waals surface area contributed by atoms with Crippen molar-refractivity contribution in [3.63, 3.8) is 0 Å². The molecular formula is C14H17F3N2O2. The molecular weight excluding hydrogens is 285 g/mol. The zero-order chi connectivity index (χ0) is 15.6. The zero-order valence-corrected chi connectivity index (χ0v) is 11.3. The second kappa shape index (κ2) is 5.93. The summed E-state index contributed by atoms with van der Waals surface area (Å²) in [5, 5.41) is 0. The molecule has 4 nitrogen and oxygen atoms in total. The second-order valence-electron chi connectivity index (χ2n) is 5.27. The minimum absolute atomic E-state index is 0.0740. The number of hydrogen-bond acceptors (Lipinski definition) is 3. The highest BCUT2D eigenvalue weighted by molar-refractivity contribution is 5.64. The number of amides is 1. The molecule has 0 unspecified atom stereocenters. The van der Waals surface area contributed by atoms with Gasteiger partial charge < -0.3 is 16.2 Å². The SMILES string of the molecule is NC(=O)O[C@H]1CC[C@H](c2cccc(C(F)(F)F)c2)C[C@@H]1N. The Hall–Kier alpha value is -1.76. The van der Waals surface area contributed by atoms with Crippen molar-refractivity contribution in [2.45, 2.75) is 43.5 Å². The molecule has 2 rings (SSSR count). The summed E-state index contributed by atoms with van der Waals surface area (Å²) in [6.07, 6.45) is -4.15. The minimum atomic E-state index is -4.36. The predicted molar refractivity (Wildman–Crippen MR) is 70.5 cm³/mol. The van der Waals surface area contributed by atoms with Gasteiger partial charge in [-0.3, -0.25) is 0 Å². The van der Waals surface area contributed by atoms with Crippen LogP contribution in [0.3, 0.4) is 0 Å². The first-order chi connectivity index (χ1) is 9.77. The lowest BCUT2D eigenvalue weighted by Gasteiger charge is -2.33. The Morgan fingerprint density at radius 3 is 2.57 bits per heavy atom. The molecule has 1 aliphatic rings. The first-order valence-electron chi connectivity index (χ1n) is 6.66. The highest BCUT2D eigenvalue weighted by Gasteiger charge is 2.34. The van der Waals surface area contributed by atoms with Gasteiger partial charge in [-0.05, 0) is 36.8 Å². The molecule has 1 aromatic rings. The Morgan fingerprint density at radius 1 is 1.29 bits per heavy atom. The molecule has 116 valence electrons. The van der Waals surface area contributed by atoms with Crippen molar-refractivity contribution >= 4 is 6.09 Å². The van der Waals surface area contributed by atoms with Crippen LogP contribution in [-0.4, -0.2) is 18.2 Å². The van der Waals surface area contributed by atoms with Crippen LogP contribution in [0.4, 0.5) is 18.0 Å². The number of benzene rings is 1. The summed E-state index contributed by atoms with van der Waals surface area (Å²) in [7, 11) is 0. The molecule has 1 amide bonds. The van der Waals surface area contributed by atoms with E-state index in [2.05, 4.69) is 0 Å². The molecule has 4 N–H and O–H groups in total. The third kappa shape index (κ3) is 3.87. The molecule has 0 spiro atoms. The molecule has 1 aliphatic carbocycles. The quantitative estimate of drug-likeness (QED) is 0.881. The third-order valence-corrected chi connectivity index (χ3v) is 3.79. The van der Waals surface area contributed by atoms with Gasteiger partial charge in [0.15, 0.2) is 0 Å². The predicted octanol–water partition coefficient (Wildman–Crippen LogP) is 2.76. The fraction of sp³-hybridized carbons (Fsp3) is 0.500. The first kappa shape index (κ1) is 15.6. The van der Waals surface area contributed by atoms with Gasteiger partial charge in [0.2, 0.25) is 0 Å². The van der Waals surface area contributed by atoms with Crippen LogP contribution in [0, 0.1) is 0 Å². The number of nitrogens with two attached hydrogens (primary N) is 2. The Balaban J connectivity index is 2.09. The normalized spacial score (nSPS) is 26.4. The number of carbonyl (C=O) groups excluding carboxylic acids is 1. The van der Waals surface area contributed by atoms with E-state index in [0.29, 0.717) is 24.8 Å². The fourth-order valence-electron chi connectivity index (χ4n) is 2.74. The van der Waals surface area contributed by atoms with Crippen molar-refractivity contribution < 1.29 is 22.7 Å². The van der Waals surface area contributed by atoms with Gasteiger partial charge in [0.1, 0.15) is 6.10 Å². The first-order valence-corrected chi connectivity index (χ1v) is 6.66. The van der Waals surface area contributed by atoms with E-state index in [9.17, 15) is 18.0 Å². The van der Waals surface area contributed by atoms with Crippen molar-refractivity contribution in [3.05, 3.63) is 35.4 Å². The Morgan fingerprint density at radius 2 is 2.00 bits per heavy atom. The summed E-state index contributed by atoms with van der Waals surface area (Å²) in [6.45, 7) is 0. The molecule has 0 aromatic heterocycles. The van der Waals surface area contributed by atoms with Crippen LogP contribution in [0.15, 0.2) is 24.3 Å². The van der Waals surface area contributed by atoms with E-state index in [4.69, 9.17) is 16.2 Å². The minimum Gasteiger partial charge on any atom is -0.445 e. The molecule has 0 saturated heterocycles. The summed E-state index contributed by atoms with van der Waals surface area (Å²) >= 11 is 0. The summed E-state index contributed by atoms with van der Waals surface area (Å²) in [5.41, 5.74) is 10.8. The average Bonchev–Trinajstić information content (AvgIpc) is 2.40. The average molecular weight is 302 g/mol. The van der Waals surface area contributed by atoms with Crippen LogP contribution < -0.4 is 11.5 Å². The van der Waals surface area contributed by atoms with Crippen molar-refractivity contribution in [2.24, 2.45) is 11.5 Å². The van der Waals surface area contributed by atoms with Gasteiger partial charge in [-0.1, -0.05) is 18.2 Å². The van der Waals surface area contributed by atoms with Crippen molar-refractivity contribution in [3.8, 4) is 0 Å². The Bertz CT molecular complexity index is 519. The smallest absolute Gasteiger partial charge is 0.416 e. The number of carbonyl (C=O) groups is 1.